The highest BCUT2D eigenvalue weighted by Gasteiger charge is 2.24. The smallest absolute Gasteiger partial charge is 0.161 e. The number of nitrogens with zero attached hydrogens (tertiary/aromatic N) is 3. The summed E-state index contributed by atoms with van der Waals surface area (Å²) in [6.07, 6.45) is 6.26. The summed E-state index contributed by atoms with van der Waals surface area (Å²) in [5.74, 6) is 1.54. The first-order valence-corrected chi connectivity index (χ1v) is 9.77. The van der Waals surface area contributed by atoms with Crippen LogP contribution in [0, 0.1) is 0 Å². The van der Waals surface area contributed by atoms with Gasteiger partial charge in [0.2, 0.25) is 0 Å². The summed E-state index contributed by atoms with van der Waals surface area (Å²) in [5, 5.41) is 12.0. The Morgan fingerprint density at radius 3 is 3.08 bits per heavy atom. The maximum atomic E-state index is 9.85. The number of rotatable bonds is 5. The summed E-state index contributed by atoms with van der Waals surface area (Å²) in [6.45, 7) is 3.19. The molecular weight excluding hydrogens is 346 g/mol. The number of phenols is 1. The first-order valence-electron chi connectivity index (χ1n) is 8.89. The molecule has 5 nitrogen and oxygen atoms in total. The molecule has 0 spiro atoms. The Kier molecular flexibility index (Phi) is 4.95. The fourth-order valence-electron chi connectivity index (χ4n) is 3.67. The molecule has 6 heteroatoms. The third-order valence-electron chi connectivity index (χ3n) is 4.94. The van der Waals surface area contributed by atoms with E-state index in [0.29, 0.717) is 11.8 Å². The number of hydrogen-bond donors (Lipinski definition) is 1. The Balaban J connectivity index is 1.56. The summed E-state index contributed by atoms with van der Waals surface area (Å²) in [6, 6.07) is 10.1. The largest absolute Gasteiger partial charge is 0.504 e. The van der Waals surface area contributed by atoms with Gasteiger partial charge in [0.15, 0.2) is 11.5 Å². The van der Waals surface area contributed by atoms with E-state index in [9.17, 15) is 5.11 Å². The summed E-state index contributed by atoms with van der Waals surface area (Å²) in [5.41, 5.74) is 0.958. The van der Waals surface area contributed by atoms with E-state index in [4.69, 9.17) is 4.74 Å². The van der Waals surface area contributed by atoms with E-state index in [0.717, 1.165) is 37.4 Å². The van der Waals surface area contributed by atoms with Crippen molar-refractivity contribution in [3.05, 3.63) is 53.0 Å². The predicted octanol–water partition coefficient (Wildman–Crippen LogP) is 4.16. The second kappa shape index (κ2) is 7.51. The number of piperidine rings is 1. The molecule has 136 valence electrons. The van der Waals surface area contributed by atoms with Gasteiger partial charge in [0.1, 0.15) is 5.82 Å². The Bertz CT molecular complexity index is 860. The zero-order valence-corrected chi connectivity index (χ0v) is 15.7. The molecule has 1 aliphatic heterocycles. The molecule has 1 saturated heterocycles. The lowest BCUT2D eigenvalue weighted by molar-refractivity contribution is 0.172. The van der Waals surface area contributed by atoms with E-state index in [1.807, 2.05) is 29.7 Å². The number of ether oxygens (including phenoxy) is 1. The van der Waals surface area contributed by atoms with Crippen LogP contribution in [0.3, 0.4) is 0 Å². The molecule has 1 aromatic carbocycles. The van der Waals surface area contributed by atoms with Gasteiger partial charge in [0, 0.05) is 42.0 Å². The van der Waals surface area contributed by atoms with Gasteiger partial charge in [-0.2, -0.15) is 0 Å². The molecule has 1 aliphatic rings. The molecule has 1 N–H and O–H groups in total. The molecule has 4 rings (SSSR count). The molecule has 3 heterocycles. The fraction of sp³-hybridized carbons (Fsp3) is 0.350. The number of aromatic hydroxyl groups is 1. The monoisotopic (exact) mass is 369 g/mol. The van der Waals surface area contributed by atoms with Crippen molar-refractivity contribution >= 4 is 11.3 Å². The number of benzene rings is 1. The van der Waals surface area contributed by atoms with Gasteiger partial charge in [-0.15, -0.1) is 11.3 Å². The first kappa shape index (κ1) is 17.1. The molecular formula is C20H23N3O2S. The van der Waals surface area contributed by atoms with E-state index >= 15 is 0 Å². The van der Waals surface area contributed by atoms with Gasteiger partial charge in [-0.25, -0.2) is 4.98 Å². The van der Waals surface area contributed by atoms with E-state index < -0.39 is 0 Å². The summed E-state index contributed by atoms with van der Waals surface area (Å²) in [4.78, 5) is 8.52. The number of imidazole rings is 1. The molecule has 0 bridgehead atoms. The maximum Gasteiger partial charge on any atom is 0.161 e. The van der Waals surface area contributed by atoms with E-state index in [1.165, 1.54) is 11.3 Å². The summed E-state index contributed by atoms with van der Waals surface area (Å²) in [7, 11) is 1.56. The Labute approximate surface area is 157 Å². The number of thiophene rings is 1. The summed E-state index contributed by atoms with van der Waals surface area (Å²) < 4.78 is 7.52. The molecule has 0 unspecified atom stereocenters. The zero-order valence-electron chi connectivity index (χ0n) is 14.8. The minimum Gasteiger partial charge on any atom is -0.504 e. The first-order chi connectivity index (χ1) is 12.7. The molecule has 0 radical (unpaired) electrons. The van der Waals surface area contributed by atoms with Gasteiger partial charge in [0.05, 0.1) is 7.11 Å². The predicted molar refractivity (Wildman–Crippen MR) is 104 cm³/mol. The Morgan fingerprint density at radius 2 is 2.27 bits per heavy atom. The Morgan fingerprint density at radius 1 is 1.35 bits per heavy atom. The highest BCUT2D eigenvalue weighted by molar-refractivity contribution is 7.09. The maximum absolute atomic E-state index is 9.85. The zero-order chi connectivity index (χ0) is 17.9. The lowest BCUT2D eigenvalue weighted by Gasteiger charge is -2.33. The highest BCUT2D eigenvalue weighted by Crippen LogP contribution is 2.33. The topological polar surface area (TPSA) is 50.5 Å². The quantitative estimate of drug-likeness (QED) is 0.734. The normalized spacial score (nSPS) is 18.1. The number of phenolic OH excluding ortho intramolecular Hbond substituents is 1. The molecule has 0 saturated carbocycles. The lowest BCUT2D eigenvalue weighted by atomic mass is 10.0. The Hall–Kier alpha value is -2.31. The van der Waals surface area contributed by atoms with E-state index in [1.54, 1.807) is 13.2 Å². The van der Waals surface area contributed by atoms with Gasteiger partial charge >= 0.3 is 0 Å². The van der Waals surface area contributed by atoms with Crippen LogP contribution in [0.1, 0.15) is 23.8 Å². The number of aromatic nitrogens is 2. The van der Waals surface area contributed by atoms with Crippen molar-refractivity contribution in [1.29, 1.82) is 0 Å². The van der Waals surface area contributed by atoms with Crippen LogP contribution in [0.25, 0.3) is 11.4 Å². The van der Waals surface area contributed by atoms with Crippen LogP contribution in [-0.4, -0.2) is 39.8 Å². The van der Waals surface area contributed by atoms with Crippen LogP contribution in [0.2, 0.25) is 0 Å². The molecule has 0 aliphatic carbocycles. The average Bonchev–Trinajstić information content (AvgIpc) is 3.34. The average molecular weight is 369 g/mol. The molecule has 0 amide bonds. The van der Waals surface area contributed by atoms with Crippen LogP contribution in [0.15, 0.2) is 48.1 Å². The highest BCUT2D eigenvalue weighted by atomic mass is 32.1. The van der Waals surface area contributed by atoms with Crippen LogP contribution in [0.4, 0.5) is 0 Å². The van der Waals surface area contributed by atoms with Gasteiger partial charge < -0.3 is 14.4 Å². The van der Waals surface area contributed by atoms with E-state index in [2.05, 4.69) is 38.2 Å². The van der Waals surface area contributed by atoms with Crippen molar-refractivity contribution in [3.63, 3.8) is 0 Å². The van der Waals surface area contributed by atoms with Gasteiger partial charge in [-0.3, -0.25) is 4.90 Å². The number of likely N-dealkylation sites (tertiary alicyclic amines) is 1. The van der Waals surface area contributed by atoms with Crippen LogP contribution < -0.4 is 4.74 Å². The summed E-state index contributed by atoms with van der Waals surface area (Å²) >= 11 is 1.82. The van der Waals surface area contributed by atoms with Crippen LogP contribution in [0.5, 0.6) is 11.5 Å². The fourth-order valence-corrected chi connectivity index (χ4v) is 4.42. The van der Waals surface area contributed by atoms with Crippen molar-refractivity contribution < 1.29 is 9.84 Å². The van der Waals surface area contributed by atoms with Crippen molar-refractivity contribution in [2.24, 2.45) is 0 Å². The molecule has 2 aromatic heterocycles. The van der Waals surface area contributed by atoms with Crippen molar-refractivity contribution in [2.75, 3.05) is 20.2 Å². The van der Waals surface area contributed by atoms with E-state index in [-0.39, 0.29) is 5.75 Å². The molecule has 26 heavy (non-hydrogen) atoms. The van der Waals surface area contributed by atoms with Gasteiger partial charge in [-0.05, 0) is 49.0 Å². The molecule has 1 fully saturated rings. The minimum absolute atomic E-state index is 0.147. The lowest BCUT2D eigenvalue weighted by Crippen LogP contribution is -2.36. The molecule has 1 atom stereocenters. The third-order valence-corrected chi connectivity index (χ3v) is 5.80. The van der Waals surface area contributed by atoms with Crippen LogP contribution >= 0.6 is 11.3 Å². The second-order valence-electron chi connectivity index (χ2n) is 6.66. The third kappa shape index (κ3) is 3.48. The number of hydrogen-bond acceptors (Lipinski definition) is 5. The number of methoxy groups -OCH3 is 1. The van der Waals surface area contributed by atoms with Crippen LogP contribution in [-0.2, 0) is 6.54 Å². The van der Waals surface area contributed by atoms with Crippen molar-refractivity contribution in [3.8, 4) is 22.9 Å². The minimum atomic E-state index is 0.147. The molecule has 3 aromatic rings. The van der Waals surface area contributed by atoms with Gasteiger partial charge in [-0.1, -0.05) is 6.07 Å². The standard InChI is InChI=1S/C20H23N3O2S/c1-25-19-12-15(6-7-18(19)24)20-21-8-10-23(20)16-4-2-9-22(13-16)14-17-5-3-11-26-17/h3,5-8,10-12,16,24H,2,4,9,13-14H2,1H3/t16-/m1/s1. The van der Waals surface area contributed by atoms with Crippen molar-refractivity contribution in [1.82, 2.24) is 14.5 Å². The van der Waals surface area contributed by atoms with Gasteiger partial charge in [0.25, 0.3) is 0 Å². The second-order valence-corrected chi connectivity index (χ2v) is 7.69. The SMILES string of the molecule is COc1cc(-c2nccn2[C@@H]2CCCN(Cc3cccs3)C2)ccc1O. The van der Waals surface area contributed by atoms with Crippen molar-refractivity contribution in [2.45, 2.75) is 25.4 Å².